The molecule has 0 saturated carbocycles. The summed E-state index contributed by atoms with van der Waals surface area (Å²) in [7, 11) is 0. The molecule has 0 aromatic heterocycles. The van der Waals surface area contributed by atoms with Crippen LogP contribution in [0.25, 0.3) is 0 Å². The van der Waals surface area contributed by atoms with Gasteiger partial charge in [0.05, 0.1) is 6.61 Å². The minimum atomic E-state index is -0.514. The predicted octanol–water partition coefficient (Wildman–Crippen LogP) is 4.24. The number of carbonyl (C=O) groups excluding carboxylic acids is 1. The topological polar surface area (TPSA) is 70.6 Å². The molecule has 5 nitrogen and oxygen atoms in total. The molecule has 0 radical (unpaired) electrons. The summed E-state index contributed by atoms with van der Waals surface area (Å²) in [5.41, 5.74) is 1.04. The van der Waals surface area contributed by atoms with Crippen LogP contribution in [0.15, 0.2) is 24.3 Å². The molecular weight excluding hydrogens is 292 g/mol. The summed E-state index contributed by atoms with van der Waals surface area (Å²) in [6.07, 6.45) is 1.38. The molecular formula is C18H30N2O3. The molecule has 0 heterocycles. The first kappa shape index (κ1) is 19.3. The number of aliphatic hydroxyl groups excluding tert-OH is 1. The van der Waals surface area contributed by atoms with Gasteiger partial charge in [0.25, 0.3) is 0 Å². The van der Waals surface area contributed by atoms with Crippen molar-refractivity contribution in [1.29, 1.82) is 0 Å². The second-order valence-electron chi connectivity index (χ2n) is 6.92. The molecule has 0 atom stereocenters. The molecule has 0 aliphatic carbocycles. The van der Waals surface area contributed by atoms with E-state index in [1.165, 1.54) is 0 Å². The molecule has 1 aromatic carbocycles. The Hall–Kier alpha value is -1.75. The molecule has 1 rings (SSSR count). The van der Waals surface area contributed by atoms with E-state index in [9.17, 15) is 9.90 Å². The van der Waals surface area contributed by atoms with Crippen molar-refractivity contribution in [3.8, 4) is 0 Å². The van der Waals surface area contributed by atoms with Gasteiger partial charge in [0.1, 0.15) is 5.60 Å². The second-order valence-corrected chi connectivity index (χ2v) is 6.92. The van der Waals surface area contributed by atoms with Gasteiger partial charge in [-0.25, -0.2) is 4.79 Å². The lowest BCUT2D eigenvalue weighted by molar-refractivity contribution is 0.0636. The number of hydrogen-bond donors (Lipinski definition) is 3. The van der Waals surface area contributed by atoms with E-state index in [4.69, 9.17) is 4.74 Å². The fourth-order valence-corrected chi connectivity index (χ4v) is 2.16. The van der Waals surface area contributed by atoms with Crippen molar-refractivity contribution in [3.63, 3.8) is 0 Å². The number of aliphatic hydroxyl groups is 1. The highest BCUT2D eigenvalue weighted by atomic mass is 16.6. The number of ether oxygens (including phenoxy) is 1. The number of amides is 1. The molecule has 0 saturated heterocycles. The van der Waals surface area contributed by atoms with E-state index in [1.54, 1.807) is 0 Å². The van der Waals surface area contributed by atoms with Crippen LogP contribution in [0.2, 0.25) is 0 Å². The number of anilines is 2. The van der Waals surface area contributed by atoms with Gasteiger partial charge in [-0.3, -0.25) is 5.32 Å². The van der Waals surface area contributed by atoms with Crippen LogP contribution in [0, 0.1) is 5.41 Å². The van der Waals surface area contributed by atoms with Crippen molar-refractivity contribution < 1.29 is 14.6 Å². The Bertz CT molecular complexity index is 480. The zero-order valence-corrected chi connectivity index (χ0v) is 14.9. The van der Waals surface area contributed by atoms with E-state index in [0.29, 0.717) is 5.69 Å². The number of carbonyl (C=O) groups is 1. The van der Waals surface area contributed by atoms with Crippen LogP contribution in [0.1, 0.15) is 47.5 Å². The van der Waals surface area contributed by atoms with Crippen molar-refractivity contribution in [2.75, 3.05) is 23.8 Å². The van der Waals surface area contributed by atoms with Gasteiger partial charge >= 0.3 is 6.09 Å². The number of rotatable bonds is 7. The Kier molecular flexibility index (Phi) is 6.88. The molecule has 0 unspecified atom stereocenters. The predicted molar refractivity (Wildman–Crippen MR) is 94.9 cm³/mol. The summed E-state index contributed by atoms with van der Waals surface area (Å²) in [4.78, 5) is 11.7. The highest BCUT2D eigenvalue weighted by molar-refractivity contribution is 5.85. The fourth-order valence-electron chi connectivity index (χ4n) is 2.16. The Morgan fingerprint density at radius 1 is 1.09 bits per heavy atom. The Labute approximate surface area is 139 Å². The lowest BCUT2D eigenvalue weighted by atomic mass is 9.83. The van der Waals surface area contributed by atoms with Crippen LogP contribution in [-0.2, 0) is 4.74 Å². The number of hydrogen-bond acceptors (Lipinski definition) is 4. The summed E-state index contributed by atoms with van der Waals surface area (Å²) >= 11 is 0. The van der Waals surface area contributed by atoms with Crippen LogP contribution in [-0.4, -0.2) is 30.0 Å². The minimum absolute atomic E-state index is 0.0898. The van der Waals surface area contributed by atoms with Crippen molar-refractivity contribution in [2.45, 2.75) is 53.1 Å². The van der Waals surface area contributed by atoms with Gasteiger partial charge in [-0.2, -0.15) is 0 Å². The van der Waals surface area contributed by atoms with E-state index in [1.807, 2.05) is 45.0 Å². The third-order valence-corrected chi connectivity index (χ3v) is 4.03. The maximum absolute atomic E-state index is 11.7. The normalized spacial score (nSPS) is 11.9. The molecule has 0 fully saturated rings. The molecule has 3 N–H and O–H groups in total. The quantitative estimate of drug-likeness (QED) is 0.702. The van der Waals surface area contributed by atoms with Gasteiger partial charge in [0.15, 0.2) is 0 Å². The van der Waals surface area contributed by atoms with Gasteiger partial charge in [-0.05, 0) is 57.9 Å². The second kappa shape index (κ2) is 8.20. The third-order valence-electron chi connectivity index (χ3n) is 4.03. The third kappa shape index (κ3) is 6.48. The van der Waals surface area contributed by atoms with Gasteiger partial charge in [0.2, 0.25) is 0 Å². The van der Waals surface area contributed by atoms with Gasteiger partial charge in [-0.1, -0.05) is 13.8 Å². The zero-order valence-electron chi connectivity index (χ0n) is 14.9. The zero-order chi connectivity index (χ0) is 17.5. The summed E-state index contributed by atoms with van der Waals surface area (Å²) in [5, 5.41) is 15.6. The van der Waals surface area contributed by atoms with Crippen molar-refractivity contribution in [3.05, 3.63) is 24.3 Å². The lowest BCUT2D eigenvalue weighted by Crippen LogP contribution is -2.32. The fraction of sp³-hybridized carbons (Fsp3) is 0.611. The van der Waals surface area contributed by atoms with Crippen molar-refractivity contribution in [1.82, 2.24) is 0 Å². The standard InChI is InChI=1S/C18H30N2O3/c1-6-18(7-2,13-21)12-19-14-8-10-15(11-9-14)20-16(22)23-17(3,4)5/h8-11,19,21H,6-7,12-13H2,1-5H3,(H,20,22). The van der Waals surface area contributed by atoms with Crippen LogP contribution < -0.4 is 10.6 Å². The van der Waals surface area contributed by atoms with E-state index in [-0.39, 0.29) is 12.0 Å². The first-order chi connectivity index (χ1) is 10.7. The first-order valence-corrected chi connectivity index (χ1v) is 8.18. The summed E-state index contributed by atoms with van der Waals surface area (Å²) in [6, 6.07) is 7.45. The van der Waals surface area contributed by atoms with E-state index >= 15 is 0 Å². The van der Waals surface area contributed by atoms with E-state index in [2.05, 4.69) is 24.5 Å². The monoisotopic (exact) mass is 322 g/mol. The molecule has 0 aliphatic heterocycles. The molecule has 23 heavy (non-hydrogen) atoms. The van der Waals surface area contributed by atoms with Gasteiger partial charge in [-0.15, -0.1) is 0 Å². The van der Waals surface area contributed by atoms with Gasteiger partial charge in [0, 0.05) is 23.3 Å². The lowest BCUT2D eigenvalue weighted by Gasteiger charge is -2.30. The maximum atomic E-state index is 11.7. The summed E-state index contributed by atoms with van der Waals surface area (Å²) in [6.45, 7) is 10.6. The van der Waals surface area contributed by atoms with Gasteiger partial charge < -0.3 is 15.2 Å². The number of benzene rings is 1. The van der Waals surface area contributed by atoms with Crippen molar-refractivity contribution in [2.24, 2.45) is 5.41 Å². The largest absolute Gasteiger partial charge is 0.444 e. The molecule has 130 valence electrons. The van der Waals surface area contributed by atoms with E-state index in [0.717, 1.165) is 25.1 Å². The molecule has 1 aromatic rings. The maximum Gasteiger partial charge on any atom is 0.412 e. The molecule has 1 amide bonds. The van der Waals surface area contributed by atoms with Crippen LogP contribution >= 0.6 is 0 Å². The Morgan fingerprint density at radius 3 is 2.04 bits per heavy atom. The summed E-state index contributed by atoms with van der Waals surface area (Å²) in [5.74, 6) is 0. The van der Waals surface area contributed by atoms with Crippen LogP contribution in [0.4, 0.5) is 16.2 Å². The molecule has 0 spiro atoms. The highest BCUT2D eigenvalue weighted by Crippen LogP contribution is 2.26. The SMILES string of the molecule is CCC(CC)(CO)CNc1ccc(NC(=O)OC(C)(C)C)cc1. The Morgan fingerprint density at radius 2 is 1.61 bits per heavy atom. The first-order valence-electron chi connectivity index (χ1n) is 8.18. The highest BCUT2D eigenvalue weighted by Gasteiger charge is 2.24. The van der Waals surface area contributed by atoms with E-state index < -0.39 is 11.7 Å². The average molecular weight is 322 g/mol. The Balaban J connectivity index is 2.58. The van der Waals surface area contributed by atoms with Crippen LogP contribution in [0.5, 0.6) is 0 Å². The molecule has 5 heteroatoms. The van der Waals surface area contributed by atoms with Crippen LogP contribution in [0.3, 0.4) is 0 Å². The molecule has 0 aliphatic rings. The van der Waals surface area contributed by atoms with Crippen molar-refractivity contribution >= 4 is 17.5 Å². The average Bonchev–Trinajstić information content (AvgIpc) is 2.49. The minimum Gasteiger partial charge on any atom is -0.444 e. The summed E-state index contributed by atoms with van der Waals surface area (Å²) < 4.78 is 5.21. The smallest absolute Gasteiger partial charge is 0.412 e. The number of nitrogens with one attached hydrogen (secondary N) is 2. The molecule has 0 bridgehead atoms.